The zero-order valence-electron chi connectivity index (χ0n) is 10.9. The fourth-order valence-corrected chi connectivity index (χ4v) is 2.94. The SMILES string of the molecule is C=Cn1cc(CNC2CC(C)CC(C)C2)cn1. The summed E-state index contributed by atoms with van der Waals surface area (Å²) in [5.41, 5.74) is 1.23. The quantitative estimate of drug-likeness (QED) is 0.866. The first-order chi connectivity index (χ1) is 8.17. The maximum atomic E-state index is 4.19. The lowest BCUT2D eigenvalue weighted by Gasteiger charge is -2.32. The van der Waals surface area contributed by atoms with Crippen LogP contribution in [0.3, 0.4) is 0 Å². The Balaban J connectivity index is 1.83. The highest BCUT2D eigenvalue weighted by molar-refractivity contribution is 5.17. The van der Waals surface area contributed by atoms with E-state index in [4.69, 9.17) is 0 Å². The van der Waals surface area contributed by atoms with Gasteiger partial charge in [0, 0.05) is 30.5 Å². The van der Waals surface area contributed by atoms with Gasteiger partial charge in [0.05, 0.1) is 6.20 Å². The van der Waals surface area contributed by atoms with Crippen LogP contribution in [-0.4, -0.2) is 15.8 Å². The average molecular weight is 233 g/mol. The smallest absolute Gasteiger partial charge is 0.0538 e. The minimum Gasteiger partial charge on any atom is -0.310 e. The number of rotatable bonds is 4. The lowest BCUT2D eigenvalue weighted by molar-refractivity contribution is 0.238. The summed E-state index contributed by atoms with van der Waals surface area (Å²) in [7, 11) is 0. The molecule has 1 heterocycles. The second-order valence-corrected chi connectivity index (χ2v) is 5.51. The topological polar surface area (TPSA) is 29.9 Å². The Morgan fingerprint density at radius 3 is 2.71 bits per heavy atom. The lowest BCUT2D eigenvalue weighted by atomic mass is 9.80. The molecule has 0 saturated heterocycles. The summed E-state index contributed by atoms with van der Waals surface area (Å²) < 4.78 is 1.75. The van der Waals surface area contributed by atoms with E-state index in [1.165, 1.54) is 24.8 Å². The summed E-state index contributed by atoms with van der Waals surface area (Å²) in [6, 6.07) is 0.667. The molecule has 0 radical (unpaired) electrons. The summed E-state index contributed by atoms with van der Waals surface area (Å²) in [6.45, 7) is 9.33. The van der Waals surface area contributed by atoms with Gasteiger partial charge >= 0.3 is 0 Å². The third-order valence-electron chi connectivity index (χ3n) is 3.62. The van der Waals surface area contributed by atoms with Crippen LogP contribution < -0.4 is 5.32 Å². The van der Waals surface area contributed by atoms with Gasteiger partial charge in [-0.3, -0.25) is 0 Å². The zero-order chi connectivity index (χ0) is 12.3. The summed E-state index contributed by atoms with van der Waals surface area (Å²) in [5.74, 6) is 1.71. The Bertz CT molecular complexity index is 359. The van der Waals surface area contributed by atoms with Gasteiger partial charge in [-0.05, 0) is 31.1 Å². The van der Waals surface area contributed by atoms with Crippen LogP contribution in [0.5, 0.6) is 0 Å². The molecule has 2 rings (SSSR count). The molecular weight excluding hydrogens is 210 g/mol. The molecule has 1 saturated carbocycles. The van der Waals surface area contributed by atoms with Gasteiger partial charge in [0.25, 0.3) is 0 Å². The van der Waals surface area contributed by atoms with Crippen LogP contribution in [0.1, 0.15) is 38.7 Å². The monoisotopic (exact) mass is 233 g/mol. The largest absolute Gasteiger partial charge is 0.310 e. The van der Waals surface area contributed by atoms with E-state index < -0.39 is 0 Å². The highest BCUT2D eigenvalue weighted by atomic mass is 15.2. The van der Waals surface area contributed by atoms with Gasteiger partial charge in [-0.15, -0.1) is 0 Å². The fourth-order valence-electron chi connectivity index (χ4n) is 2.94. The molecule has 1 aliphatic carbocycles. The van der Waals surface area contributed by atoms with E-state index in [0.717, 1.165) is 18.4 Å². The van der Waals surface area contributed by atoms with Crippen molar-refractivity contribution in [2.45, 2.75) is 45.7 Å². The zero-order valence-corrected chi connectivity index (χ0v) is 10.9. The average Bonchev–Trinajstić information content (AvgIpc) is 2.73. The molecule has 2 unspecified atom stereocenters. The van der Waals surface area contributed by atoms with Crippen LogP contribution in [0.2, 0.25) is 0 Å². The highest BCUT2D eigenvalue weighted by Gasteiger charge is 2.23. The normalized spacial score (nSPS) is 29.2. The van der Waals surface area contributed by atoms with E-state index in [-0.39, 0.29) is 0 Å². The van der Waals surface area contributed by atoms with Crippen LogP contribution in [0, 0.1) is 11.8 Å². The molecule has 1 fully saturated rings. The molecule has 1 aliphatic rings. The van der Waals surface area contributed by atoms with Gasteiger partial charge in [-0.2, -0.15) is 5.10 Å². The summed E-state index contributed by atoms with van der Waals surface area (Å²) in [6.07, 6.45) is 9.64. The Kier molecular flexibility index (Phi) is 4.00. The standard InChI is InChI=1S/C14H23N3/c1-4-17-10-13(9-16-17)8-15-14-6-11(2)5-12(3)7-14/h4,9-12,14-15H,1,5-8H2,2-3H3. The van der Waals surface area contributed by atoms with E-state index in [2.05, 4.69) is 30.8 Å². The predicted octanol–water partition coefficient (Wildman–Crippen LogP) is 2.90. The van der Waals surface area contributed by atoms with E-state index in [1.54, 1.807) is 10.9 Å². The molecular formula is C14H23N3. The van der Waals surface area contributed by atoms with Gasteiger partial charge in [-0.1, -0.05) is 20.4 Å². The Morgan fingerprint density at radius 2 is 2.12 bits per heavy atom. The summed E-state index contributed by atoms with van der Waals surface area (Å²) >= 11 is 0. The second kappa shape index (κ2) is 5.50. The Morgan fingerprint density at radius 1 is 1.41 bits per heavy atom. The molecule has 0 aliphatic heterocycles. The maximum Gasteiger partial charge on any atom is 0.0538 e. The molecule has 0 amide bonds. The number of nitrogens with one attached hydrogen (secondary N) is 1. The van der Waals surface area contributed by atoms with Gasteiger partial charge in [0.15, 0.2) is 0 Å². The van der Waals surface area contributed by atoms with Gasteiger partial charge in [0.2, 0.25) is 0 Å². The van der Waals surface area contributed by atoms with Gasteiger partial charge < -0.3 is 5.32 Å². The molecule has 3 nitrogen and oxygen atoms in total. The fraction of sp³-hybridized carbons (Fsp3) is 0.643. The van der Waals surface area contributed by atoms with E-state index in [9.17, 15) is 0 Å². The van der Waals surface area contributed by atoms with Crippen LogP contribution in [-0.2, 0) is 6.54 Å². The summed E-state index contributed by atoms with van der Waals surface area (Å²) in [5, 5.41) is 7.84. The van der Waals surface area contributed by atoms with Crippen LogP contribution >= 0.6 is 0 Å². The second-order valence-electron chi connectivity index (χ2n) is 5.51. The van der Waals surface area contributed by atoms with Crippen molar-refractivity contribution >= 4 is 6.20 Å². The third-order valence-corrected chi connectivity index (χ3v) is 3.62. The molecule has 0 aromatic carbocycles. The van der Waals surface area contributed by atoms with E-state index in [0.29, 0.717) is 6.04 Å². The molecule has 1 aromatic rings. The Hall–Kier alpha value is -1.09. The van der Waals surface area contributed by atoms with Crippen molar-refractivity contribution in [2.24, 2.45) is 11.8 Å². The van der Waals surface area contributed by atoms with Gasteiger partial charge in [-0.25, -0.2) is 4.68 Å². The lowest BCUT2D eigenvalue weighted by Crippen LogP contribution is -2.35. The number of aromatic nitrogens is 2. The first-order valence-electron chi connectivity index (χ1n) is 6.56. The molecule has 2 atom stereocenters. The number of hydrogen-bond donors (Lipinski definition) is 1. The molecule has 3 heteroatoms. The summed E-state index contributed by atoms with van der Waals surface area (Å²) in [4.78, 5) is 0. The predicted molar refractivity (Wildman–Crippen MR) is 71.4 cm³/mol. The van der Waals surface area contributed by atoms with Crippen LogP contribution in [0.25, 0.3) is 6.20 Å². The van der Waals surface area contributed by atoms with Crippen molar-refractivity contribution in [1.29, 1.82) is 0 Å². The first kappa shape index (κ1) is 12.4. The van der Waals surface area contributed by atoms with E-state index >= 15 is 0 Å². The minimum absolute atomic E-state index is 0.667. The third kappa shape index (κ3) is 3.43. The number of nitrogens with zero attached hydrogens (tertiary/aromatic N) is 2. The first-order valence-corrected chi connectivity index (χ1v) is 6.56. The highest BCUT2D eigenvalue weighted by Crippen LogP contribution is 2.28. The minimum atomic E-state index is 0.667. The molecule has 1 aromatic heterocycles. The van der Waals surface area contributed by atoms with Crippen molar-refractivity contribution in [3.63, 3.8) is 0 Å². The van der Waals surface area contributed by atoms with Crippen molar-refractivity contribution in [1.82, 2.24) is 15.1 Å². The van der Waals surface area contributed by atoms with Gasteiger partial charge in [0.1, 0.15) is 0 Å². The molecule has 0 spiro atoms. The maximum absolute atomic E-state index is 4.19. The number of hydrogen-bond acceptors (Lipinski definition) is 2. The van der Waals surface area contributed by atoms with Crippen molar-refractivity contribution in [2.75, 3.05) is 0 Å². The molecule has 94 valence electrons. The molecule has 1 N–H and O–H groups in total. The van der Waals surface area contributed by atoms with Crippen molar-refractivity contribution < 1.29 is 0 Å². The Labute approximate surface area is 104 Å². The van der Waals surface area contributed by atoms with Crippen LogP contribution in [0.4, 0.5) is 0 Å². The van der Waals surface area contributed by atoms with Crippen LogP contribution in [0.15, 0.2) is 19.0 Å². The van der Waals surface area contributed by atoms with Crippen molar-refractivity contribution in [3.8, 4) is 0 Å². The molecule has 17 heavy (non-hydrogen) atoms. The van der Waals surface area contributed by atoms with E-state index in [1.807, 2.05) is 12.4 Å². The van der Waals surface area contributed by atoms with Crippen molar-refractivity contribution in [3.05, 3.63) is 24.5 Å². The molecule has 0 bridgehead atoms.